The van der Waals surface area contributed by atoms with Gasteiger partial charge in [0.25, 0.3) is 0 Å². The summed E-state index contributed by atoms with van der Waals surface area (Å²) in [6, 6.07) is 7.48. The summed E-state index contributed by atoms with van der Waals surface area (Å²) in [5.74, 6) is 0.772. The van der Waals surface area contributed by atoms with Crippen molar-refractivity contribution in [3.05, 3.63) is 29.8 Å². The molecular weight excluding hydrogens is 178 g/mol. The minimum absolute atomic E-state index is 0.436. The largest absolute Gasteiger partial charge is 0.497 e. The van der Waals surface area contributed by atoms with Crippen molar-refractivity contribution in [3.8, 4) is 5.75 Å². The Hall–Kier alpha value is -1.06. The smallest absolute Gasteiger partial charge is 0.119 e. The van der Waals surface area contributed by atoms with Crippen molar-refractivity contribution < 1.29 is 9.84 Å². The Kier molecular flexibility index (Phi) is 4.43. The number of methoxy groups -OCH3 is 1. The zero-order chi connectivity index (χ0) is 10.4. The highest BCUT2D eigenvalue weighted by atomic mass is 16.5. The number of rotatable bonds is 5. The SMILES string of the molecule is COc1cccc(C(O)CCCN)c1. The Labute approximate surface area is 84.5 Å². The van der Waals surface area contributed by atoms with Crippen LogP contribution in [0.15, 0.2) is 24.3 Å². The van der Waals surface area contributed by atoms with Crippen LogP contribution in [0.5, 0.6) is 5.75 Å². The van der Waals surface area contributed by atoms with Crippen LogP contribution in [0.3, 0.4) is 0 Å². The van der Waals surface area contributed by atoms with Gasteiger partial charge in [-0.3, -0.25) is 0 Å². The summed E-state index contributed by atoms with van der Waals surface area (Å²) in [6.45, 7) is 0.612. The van der Waals surface area contributed by atoms with Crippen LogP contribution >= 0.6 is 0 Å². The molecule has 1 aromatic carbocycles. The highest BCUT2D eigenvalue weighted by Gasteiger charge is 2.07. The van der Waals surface area contributed by atoms with E-state index in [1.807, 2.05) is 24.3 Å². The van der Waals surface area contributed by atoms with Crippen molar-refractivity contribution in [2.45, 2.75) is 18.9 Å². The maximum atomic E-state index is 9.76. The fourth-order valence-electron chi connectivity index (χ4n) is 1.33. The highest BCUT2D eigenvalue weighted by Crippen LogP contribution is 2.21. The van der Waals surface area contributed by atoms with Crippen LogP contribution in [0, 0.1) is 0 Å². The van der Waals surface area contributed by atoms with E-state index in [9.17, 15) is 5.11 Å². The second-order valence-electron chi connectivity index (χ2n) is 3.22. The average molecular weight is 195 g/mol. The predicted octanol–water partition coefficient (Wildman–Crippen LogP) is 1.47. The van der Waals surface area contributed by atoms with Crippen LogP contribution in [-0.2, 0) is 0 Å². The lowest BCUT2D eigenvalue weighted by Gasteiger charge is -2.11. The molecule has 78 valence electrons. The topological polar surface area (TPSA) is 55.5 Å². The molecule has 14 heavy (non-hydrogen) atoms. The van der Waals surface area contributed by atoms with Crippen LogP contribution in [0.1, 0.15) is 24.5 Å². The van der Waals surface area contributed by atoms with Crippen LogP contribution in [0.25, 0.3) is 0 Å². The van der Waals surface area contributed by atoms with Crippen molar-refractivity contribution >= 4 is 0 Å². The number of hydrogen-bond donors (Lipinski definition) is 2. The van der Waals surface area contributed by atoms with Gasteiger partial charge in [0.2, 0.25) is 0 Å². The van der Waals surface area contributed by atoms with E-state index in [4.69, 9.17) is 10.5 Å². The lowest BCUT2D eigenvalue weighted by atomic mass is 10.0. The molecule has 1 aromatic rings. The lowest BCUT2D eigenvalue weighted by Crippen LogP contribution is -2.03. The number of ether oxygens (including phenoxy) is 1. The van der Waals surface area contributed by atoms with Crippen LogP contribution in [-0.4, -0.2) is 18.8 Å². The first-order valence-corrected chi connectivity index (χ1v) is 4.80. The molecule has 0 aliphatic heterocycles. The standard InChI is InChI=1S/C11H17NO2/c1-14-10-5-2-4-9(8-10)11(13)6-3-7-12/h2,4-5,8,11,13H,3,6-7,12H2,1H3. The van der Waals surface area contributed by atoms with E-state index in [0.717, 1.165) is 17.7 Å². The number of benzene rings is 1. The summed E-state index contributed by atoms with van der Waals surface area (Å²) in [5, 5.41) is 9.76. The van der Waals surface area contributed by atoms with Crippen molar-refractivity contribution in [2.75, 3.05) is 13.7 Å². The quantitative estimate of drug-likeness (QED) is 0.748. The third kappa shape index (κ3) is 3.01. The molecule has 0 fully saturated rings. The van der Waals surface area contributed by atoms with E-state index < -0.39 is 6.10 Å². The molecule has 0 aliphatic carbocycles. The Morgan fingerprint density at radius 2 is 2.29 bits per heavy atom. The maximum Gasteiger partial charge on any atom is 0.119 e. The molecule has 0 bridgehead atoms. The van der Waals surface area contributed by atoms with Gasteiger partial charge in [-0.15, -0.1) is 0 Å². The van der Waals surface area contributed by atoms with Gasteiger partial charge in [0.1, 0.15) is 5.75 Å². The summed E-state index contributed by atoms with van der Waals surface area (Å²) in [7, 11) is 1.62. The molecule has 3 N–H and O–H groups in total. The molecule has 0 aliphatic rings. The molecule has 0 amide bonds. The number of nitrogens with two attached hydrogens (primary N) is 1. The molecule has 1 rings (SSSR count). The summed E-state index contributed by atoms with van der Waals surface area (Å²) in [4.78, 5) is 0. The molecular formula is C11H17NO2. The number of hydrogen-bond acceptors (Lipinski definition) is 3. The number of aliphatic hydroxyl groups is 1. The van der Waals surface area contributed by atoms with E-state index >= 15 is 0 Å². The van der Waals surface area contributed by atoms with Gasteiger partial charge in [-0.2, -0.15) is 0 Å². The van der Waals surface area contributed by atoms with Crippen molar-refractivity contribution in [1.82, 2.24) is 0 Å². The van der Waals surface area contributed by atoms with E-state index in [1.165, 1.54) is 0 Å². The molecule has 0 saturated carbocycles. The molecule has 0 spiro atoms. The second kappa shape index (κ2) is 5.62. The molecule has 1 atom stereocenters. The zero-order valence-electron chi connectivity index (χ0n) is 8.44. The predicted molar refractivity (Wildman–Crippen MR) is 56.2 cm³/mol. The van der Waals surface area contributed by atoms with E-state index in [-0.39, 0.29) is 0 Å². The fourth-order valence-corrected chi connectivity index (χ4v) is 1.33. The average Bonchev–Trinajstić information content (AvgIpc) is 2.26. The zero-order valence-corrected chi connectivity index (χ0v) is 8.44. The minimum atomic E-state index is -0.436. The third-order valence-electron chi connectivity index (χ3n) is 2.16. The Bertz CT molecular complexity index is 276. The highest BCUT2D eigenvalue weighted by molar-refractivity contribution is 5.29. The molecule has 1 unspecified atom stereocenters. The first kappa shape index (κ1) is 11.0. The monoisotopic (exact) mass is 195 g/mol. The molecule has 0 aromatic heterocycles. The van der Waals surface area contributed by atoms with Gasteiger partial charge in [-0.25, -0.2) is 0 Å². The minimum Gasteiger partial charge on any atom is -0.497 e. The van der Waals surface area contributed by atoms with Gasteiger partial charge in [-0.1, -0.05) is 12.1 Å². The van der Waals surface area contributed by atoms with Crippen molar-refractivity contribution in [2.24, 2.45) is 5.73 Å². The van der Waals surface area contributed by atoms with Gasteiger partial charge in [0.15, 0.2) is 0 Å². The van der Waals surface area contributed by atoms with Gasteiger partial charge in [0, 0.05) is 0 Å². The van der Waals surface area contributed by atoms with E-state index in [0.29, 0.717) is 13.0 Å². The molecule has 3 heteroatoms. The van der Waals surface area contributed by atoms with E-state index in [1.54, 1.807) is 7.11 Å². The molecule has 0 radical (unpaired) electrons. The van der Waals surface area contributed by atoms with E-state index in [2.05, 4.69) is 0 Å². The second-order valence-corrected chi connectivity index (χ2v) is 3.22. The summed E-state index contributed by atoms with van der Waals surface area (Å²) in [6.07, 6.45) is 1.09. The van der Waals surface area contributed by atoms with Crippen molar-refractivity contribution in [1.29, 1.82) is 0 Å². The lowest BCUT2D eigenvalue weighted by molar-refractivity contribution is 0.165. The Morgan fingerprint density at radius 3 is 2.93 bits per heavy atom. The molecule has 3 nitrogen and oxygen atoms in total. The Balaban J connectivity index is 2.64. The van der Waals surface area contributed by atoms with Crippen LogP contribution in [0.2, 0.25) is 0 Å². The van der Waals surface area contributed by atoms with Gasteiger partial charge in [-0.05, 0) is 37.1 Å². The normalized spacial score (nSPS) is 12.5. The summed E-state index contributed by atoms with van der Waals surface area (Å²) < 4.78 is 5.07. The molecule has 0 saturated heterocycles. The van der Waals surface area contributed by atoms with Gasteiger partial charge in [0.05, 0.1) is 13.2 Å². The van der Waals surface area contributed by atoms with Gasteiger partial charge >= 0.3 is 0 Å². The van der Waals surface area contributed by atoms with Crippen LogP contribution in [0.4, 0.5) is 0 Å². The first-order valence-electron chi connectivity index (χ1n) is 4.80. The number of aliphatic hydroxyl groups excluding tert-OH is 1. The fraction of sp³-hybridized carbons (Fsp3) is 0.455. The molecule has 0 heterocycles. The summed E-state index contributed by atoms with van der Waals surface area (Å²) in [5.41, 5.74) is 6.26. The summed E-state index contributed by atoms with van der Waals surface area (Å²) >= 11 is 0. The third-order valence-corrected chi connectivity index (χ3v) is 2.16. The van der Waals surface area contributed by atoms with Crippen LogP contribution < -0.4 is 10.5 Å². The van der Waals surface area contributed by atoms with Crippen molar-refractivity contribution in [3.63, 3.8) is 0 Å². The Morgan fingerprint density at radius 1 is 1.50 bits per heavy atom. The van der Waals surface area contributed by atoms with Gasteiger partial charge < -0.3 is 15.6 Å². The first-order chi connectivity index (χ1) is 6.77. The maximum absolute atomic E-state index is 9.76.